The number of piperazine rings is 1. The van der Waals surface area contributed by atoms with E-state index in [9.17, 15) is 4.79 Å². The van der Waals surface area contributed by atoms with Crippen molar-refractivity contribution in [3.63, 3.8) is 0 Å². The molecule has 1 aromatic carbocycles. The largest absolute Gasteiger partial charge is 0.368 e. The molecule has 30 heavy (non-hydrogen) atoms. The molecule has 4 heterocycles. The lowest BCUT2D eigenvalue weighted by Gasteiger charge is -2.39. The van der Waals surface area contributed by atoms with Crippen molar-refractivity contribution < 1.29 is 4.79 Å². The number of piperidine rings is 1. The molecule has 0 spiro atoms. The Morgan fingerprint density at radius 1 is 0.933 bits per heavy atom. The fraction of sp³-hybridized carbons (Fsp3) is 0.609. The molecule has 1 amide bonds. The molecule has 0 bridgehead atoms. The highest BCUT2D eigenvalue weighted by Crippen LogP contribution is 2.30. The SMILES string of the molecule is CN1CCCC(C(=O)N2CCN(c3ccc4ncnc(N5CCCC5)c4c3)CC2)C1. The van der Waals surface area contributed by atoms with Crippen molar-refractivity contribution in [3.8, 4) is 0 Å². The van der Waals surface area contributed by atoms with Crippen LogP contribution in [0.3, 0.4) is 0 Å². The second kappa shape index (κ2) is 8.38. The monoisotopic (exact) mass is 408 g/mol. The third kappa shape index (κ3) is 3.83. The van der Waals surface area contributed by atoms with Crippen molar-refractivity contribution in [3.05, 3.63) is 24.5 Å². The predicted octanol–water partition coefficient (Wildman–Crippen LogP) is 2.22. The van der Waals surface area contributed by atoms with Gasteiger partial charge in [-0.1, -0.05) is 0 Å². The quantitative estimate of drug-likeness (QED) is 0.776. The molecule has 3 fully saturated rings. The number of anilines is 2. The van der Waals surface area contributed by atoms with Gasteiger partial charge in [0.15, 0.2) is 0 Å². The number of fused-ring (bicyclic) bond motifs is 1. The Labute approximate surface area is 178 Å². The molecule has 2 aromatic rings. The van der Waals surface area contributed by atoms with Gasteiger partial charge in [-0.3, -0.25) is 4.79 Å². The Balaban J connectivity index is 1.29. The van der Waals surface area contributed by atoms with E-state index in [1.165, 1.54) is 18.5 Å². The van der Waals surface area contributed by atoms with Gasteiger partial charge in [0.2, 0.25) is 5.91 Å². The Hall–Kier alpha value is -2.41. The molecule has 5 rings (SSSR count). The first-order valence-electron chi connectivity index (χ1n) is 11.4. The molecule has 7 heteroatoms. The van der Waals surface area contributed by atoms with Crippen molar-refractivity contribution in [1.82, 2.24) is 19.8 Å². The predicted molar refractivity (Wildman–Crippen MR) is 120 cm³/mol. The van der Waals surface area contributed by atoms with Crippen LogP contribution in [0, 0.1) is 5.92 Å². The van der Waals surface area contributed by atoms with Gasteiger partial charge in [-0.2, -0.15) is 0 Å². The first-order chi connectivity index (χ1) is 14.7. The van der Waals surface area contributed by atoms with E-state index >= 15 is 0 Å². The highest BCUT2D eigenvalue weighted by Gasteiger charge is 2.30. The number of rotatable bonds is 3. The molecule has 3 aliphatic heterocycles. The van der Waals surface area contributed by atoms with Crippen LogP contribution in [0.25, 0.3) is 10.9 Å². The maximum absolute atomic E-state index is 13.0. The number of benzene rings is 1. The number of nitrogens with zero attached hydrogens (tertiary/aromatic N) is 6. The maximum atomic E-state index is 13.0. The number of carbonyl (C=O) groups excluding carboxylic acids is 1. The van der Waals surface area contributed by atoms with Crippen LogP contribution in [0.4, 0.5) is 11.5 Å². The second-order valence-electron chi connectivity index (χ2n) is 9.01. The molecule has 7 nitrogen and oxygen atoms in total. The lowest BCUT2D eigenvalue weighted by atomic mass is 9.96. The van der Waals surface area contributed by atoms with E-state index in [-0.39, 0.29) is 5.92 Å². The van der Waals surface area contributed by atoms with Crippen LogP contribution in [-0.2, 0) is 4.79 Å². The van der Waals surface area contributed by atoms with E-state index in [1.54, 1.807) is 6.33 Å². The summed E-state index contributed by atoms with van der Waals surface area (Å²) in [4.78, 5) is 31.2. The minimum Gasteiger partial charge on any atom is -0.368 e. The van der Waals surface area contributed by atoms with E-state index in [0.717, 1.165) is 81.9 Å². The Kier molecular flexibility index (Phi) is 5.46. The van der Waals surface area contributed by atoms with Crippen LogP contribution in [-0.4, -0.2) is 85.1 Å². The first-order valence-corrected chi connectivity index (χ1v) is 11.4. The minimum atomic E-state index is 0.177. The fourth-order valence-corrected chi connectivity index (χ4v) is 5.22. The smallest absolute Gasteiger partial charge is 0.227 e. The zero-order valence-corrected chi connectivity index (χ0v) is 18.0. The van der Waals surface area contributed by atoms with Crippen molar-refractivity contribution >= 4 is 28.3 Å². The van der Waals surface area contributed by atoms with Crippen molar-refractivity contribution in [2.45, 2.75) is 25.7 Å². The fourth-order valence-electron chi connectivity index (χ4n) is 5.22. The molecule has 0 saturated carbocycles. The normalized spacial score (nSPS) is 23.4. The van der Waals surface area contributed by atoms with Gasteiger partial charge in [-0.25, -0.2) is 9.97 Å². The van der Waals surface area contributed by atoms with Gasteiger partial charge in [0.1, 0.15) is 12.1 Å². The summed E-state index contributed by atoms with van der Waals surface area (Å²) in [5.41, 5.74) is 2.22. The molecule has 3 aliphatic rings. The zero-order chi connectivity index (χ0) is 20.5. The average Bonchev–Trinajstić information content (AvgIpc) is 3.33. The summed E-state index contributed by atoms with van der Waals surface area (Å²) in [5.74, 6) is 1.59. The summed E-state index contributed by atoms with van der Waals surface area (Å²) >= 11 is 0. The van der Waals surface area contributed by atoms with Gasteiger partial charge in [-0.05, 0) is 57.5 Å². The standard InChI is InChI=1S/C23H32N6O/c1-26-8-4-5-18(16-26)23(30)29-13-11-27(12-14-29)19-6-7-21-20(15-19)22(25-17-24-21)28-9-2-3-10-28/h6-7,15,17-18H,2-5,8-14,16H2,1H3. The van der Waals surface area contributed by atoms with Gasteiger partial charge >= 0.3 is 0 Å². The molecular formula is C23H32N6O. The van der Waals surface area contributed by atoms with Crippen LogP contribution in [0.5, 0.6) is 0 Å². The summed E-state index contributed by atoms with van der Waals surface area (Å²) in [7, 11) is 2.12. The number of aromatic nitrogens is 2. The Bertz CT molecular complexity index is 904. The first kappa shape index (κ1) is 19.5. The van der Waals surface area contributed by atoms with E-state index in [0.29, 0.717) is 5.91 Å². The van der Waals surface area contributed by atoms with E-state index in [4.69, 9.17) is 0 Å². The highest BCUT2D eigenvalue weighted by atomic mass is 16.2. The second-order valence-corrected chi connectivity index (χ2v) is 9.01. The summed E-state index contributed by atoms with van der Waals surface area (Å²) in [6.07, 6.45) is 6.32. The van der Waals surface area contributed by atoms with E-state index in [2.05, 4.69) is 54.8 Å². The van der Waals surface area contributed by atoms with Crippen LogP contribution in [0.1, 0.15) is 25.7 Å². The number of hydrogen-bond donors (Lipinski definition) is 0. The molecule has 1 aromatic heterocycles. The number of carbonyl (C=O) groups is 1. The minimum absolute atomic E-state index is 0.177. The Morgan fingerprint density at radius 2 is 1.73 bits per heavy atom. The van der Waals surface area contributed by atoms with Crippen molar-refractivity contribution in [1.29, 1.82) is 0 Å². The molecule has 3 saturated heterocycles. The Morgan fingerprint density at radius 3 is 2.50 bits per heavy atom. The van der Waals surface area contributed by atoms with Crippen LogP contribution in [0.15, 0.2) is 24.5 Å². The van der Waals surface area contributed by atoms with Gasteiger partial charge < -0.3 is 19.6 Å². The number of hydrogen-bond acceptors (Lipinski definition) is 6. The lowest BCUT2D eigenvalue weighted by Crippen LogP contribution is -2.52. The van der Waals surface area contributed by atoms with Crippen molar-refractivity contribution in [2.75, 3.05) is 69.2 Å². The molecule has 0 aliphatic carbocycles. The van der Waals surface area contributed by atoms with E-state index in [1.807, 2.05) is 0 Å². The zero-order valence-electron chi connectivity index (χ0n) is 18.0. The molecule has 0 N–H and O–H groups in total. The maximum Gasteiger partial charge on any atom is 0.227 e. The summed E-state index contributed by atoms with van der Waals surface area (Å²) in [6, 6.07) is 6.52. The van der Waals surface area contributed by atoms with Crippen LogP contribution < -0.4 is 9.80 Å². The third-order valence-electron chi connectivity index (χ3n) is 6.93. The summed E-state index contributed by atoms with van der Waals surface area (Å²) < 4.78 is 0. The number of amides is 1. The third-order valence-corrected chi connectivity index (χ3v) is 6.93. The highest BCUT2D eigenvalue weighted by molar-refractivity contribution is 5.92. The van der Waals surface area contributed by atoms with Gasteiger partial charge in [-0.15, -0.1) is 0 Å². The van der Waals surface area contributed by atoms with E-state index < -0.39 is 0 Å². The summed E-state index contributed by atoms with van der Waals surface area (Å²) in [5, 5.41) is 1.14. The van der Waals surface area contributed by atoms with Crippen LogP contribution >= 0.6 is 0 Å². The molecular weight excluding hydrogens is 376 g/mol. The molecule has 0 radical (unpaired) electrons. The average molecular weight is 409 g/mol. The lowest BCUT2D eigenvalue weighted by molar-refractivity contribution is -0.137. The van der Waals surface area contributed by atoms with Gasteiger partial charge in [0.05, 0.1) is 11.4 Å². The topological polar surface area (TPSA) is 55.8 Å². The van der Waals surface area contributed by atoms with Gasteiger partial charge in [0.25, 0.3) is 0 Å². The molecule has 160 valence electrons. The summed E-state index contributed by atoms with van der Waals surface area (Å²) in [6.45, 7) is 7.55. The number of likely N-dealkylation sites (tertiary alicyclic amines) is 1. The van der Waals surface area contributed by atoms with Crippen molar-refractivity contribution in [2.24, 2.45) is 5.92 Å². The molecule has 1 atom stereocenters. The van der Waals surface area contributed by atoms with Crippen LogP contribution in [0.2, 0.25) is 0 Å². The molecule has 1 unspecified atom stereocenters. The van der Waals surface area contributed by atoms with Gasteiger partial charge in [0, 0.05) is 56.9 Å².